The minimum atomic E-state index is -4.45. The van der Waals surface area contributed by atoms with Crippen molar-refractivity contribution in [3.63, 3.8) is 0 Å². The van der Waals surface area contributed by atoms with Crippen LogP contribution in [-0.4, -0.2) is 78.1 Å². The van der Waals surface area contributed by atoms with E-state index in [9.17, 15) is 36.4 Å². The average molecular weight is 502 g/mol. The van der Waals surface area contributed by atoms with Crippen LogP contribution in [0.2, 0.25) is 0 Å². The summed E-state index contributed by atoms with van der Waals surface area (Å²) in [7, 11) is -11.7. The summed E-state index contributed by atoms with van der Waals surface area (Å²) in [6.45, 7) is -0.811. The monoisotopic (exact) mass is 502 g/mol. The summed E-state index contributed by atoms with van der Waals surface area (Å²) in [6.07, 6.45) is -1.51. The van der Waals surface area contributed by atoms with Gasteiger partial charge in [-0.05, 0) is 6.42 Å². The molecule has 0 aliphatic carbocycles. The number of ether oxygens (including phenoxy) is 1. The molecule has 29 heavy (non-hydrogen) atoms. The molecule has 0 saturated heterocycles. The quantitative estimate of drug-likeness (QED) is 0.192. The number of methoxy groups -OCH3 is 1. The van der Waals surface area contributed by atoms with Crippen LogP contribution in [0.1, 0.15) is 6.42 Å². The molecule has 0 heterocycles. The van der Waals surface area contributed by atoms with Gasteiger partial charge in [0.15, 0.2) is 0 Å². The maximum absolute atomic E-state index is 13.1. The third-order valence-electron chi connectivity index (χ3n) is 3.92. The molecule has 0 bridgehead atoms. The number of hydrogen-bond donors (Lipinski definition) is 1. The third-order valence-corrected chi connectivity index (χ3v) is 10.2. The molecule has 0 aromatic carbocycles. The molecule has 172 valence electrons. The molecule has 0 aliphatic rings. The second-order valence-electron chi connectivity index (χ2n) is 5.72. The minimum Gasteiger partial charge on any atom is -0.469 e. The summed E-state index contributed by atoms with van der Waals surface area (Å²) in [5, 5.41) is 0. The highest BCUT2D eigenvalue weighted by molar-refractivity contribution is 7.86. The summed E-state index contributed by atoms with van der Waals surface area (Å²) >= 11 is 0. The largest absolute Gasteiger partial charge is 0.469 e. The van der Waals surface area contributed by atoms with Gasteiger partial charge in [-0.2, -0.15) is 8.42 Å². The third kappa shape index (κ3) is 10.4. The zero-order valence-corrected chi connectivity index (χ0v) is 19.8. The number of carbonyl (C=O) groups is 1. The van der Waals surface area contributed by atoms with E-state index in [0.717, 1.165) is 28.4 Å². The van der Waals surface area contributed by atoms with Gasteiger partial charge in [-0.15, -0.1) is 0 Å². The molecule has 17 heteroatoms. The summed E-state index contributed by atoms with van der Waals surface area (Å²) in [5.74, 6) is -2.65. The molecule has 0 aromatic heterocycles. The Kier molecular flexibility index (Phi) is 12.3. The molecule has 0 aliphatic heterocycles. The van der Waals surface area contributed by atoms with E-state index in [2.05, 4.69) is 18.0 Å². The van der Waals surface area contributed by atoms with Gasteiger partial charge in [-0.25, -0.2) is 9.13 Å². The fraction of sp³-hybridized carbons (Fsp3) is 0.917. The molecule has 0 fully saturated rings. The van der Waals surface area contributed by atoms with Crippen LogP contribution in [-0.2, 0) is 55.7 Å². The van der Waals surface area contributed by atoms with Crippen molar-refractivity contribution in [3.8, 4) is 0 Å². The summed E-state index contributed by atoms with van der Waals surface area (Å²) in [6, 6.07) is 0. The van der Waals surface area contributed by atoms with Gasteiger partial charge < -0.3 is 18.7 Å². The van der Waals surface area contributed by atoms with Gasteiger partial charge in [0.25, 0.3) is 10.1 Å². The Labute approximate surface area is 169 Å². The van der Waals surface area contributed by atoms with Gasteiger partial charge in [-0.3, -0.25) is 22.6 Å². The molecule has 0 radical (unpaired) electrons. The van der Waals surface area contributed by atoms with Crippen LogP contribution in [0.25, 0.3) is 0 Å². The van der Waals surface area contributed by atoms with Crippen molar-refractivity contribution in [2.75, 3.05) is 53.1 Å². The maximum atomic E-state index is 13.1. The Hall–Kier alpha value is -0.420. The van der Waals surface area contributed by atoms with E-state index in [1.807, 2.05) is 0 Å². The van der Waals surface area contributed by atoms with Gasteiger partial charge in [0.05, 0.1) is 38.2 Å². The van der Waals surface area contributed by atoms with Crippen molar-refractivity contribution in [2.45, 2.75) is 12.1 Å². The number of esters is 1. The van der Waals surface area contributed by atoms with E-state index in [1.54, 1.807) is 0 Å². The first kappa shape index (κ1) is 28.6. The zero-order valence-electron chi connectivity index (χ0n) is 16.3. The van der Waals surface area contributed by atoms with E-state index in [1.165, 1.54) is 0 Å². The lowest BCUT2D eigenvalue weighted by molar-refractivity contribution is -0.144. The van der Waals surface area contributed by atoms with Gasteiger partial charge >= 0.3 is 21.5 Å². The average Bonchev–Trinajstić information content (AvgIpc) is 2.67. The molecule has 0 rings (SSSR count). The molecule has 13 nitrogen and oxygen atoms in total. The summed E-state index contributed by atoms with van der Waals surface area (Å²) in [5.41, 5.74) is -1.55. The molecule has 4 unspecified atom stereocenters. The van der Waals surface area contributed by atoms with Crippen LogP contribution in [0.4, 0.5) is 0 Å². The highest BCUT2D eigenvalue weighted by Crippen LogP contribution is 2.57. The molecule has 0 spiro atoms. The highest BCUT2D eigenvalue weighted by Gasteiger charge is 2.41. The predicted octanol–water partition coefficient (Wildman–Crippen LogP) is 1.37. The van der Waals surface area contributed by atoms with Crippen molar-refractivity contribution in [3.05, 3.63) is 0 Å². The molecular formula is C12H25O13P3S. The highest BCUT2D eigenvalue weighted by atomic mass is 32.2. The van der Waals surface area contributed by atoms with E-state index in [0.29, 0.717) is 0 Å². The van der Waals surface area contributed by atoms with Crippen LogP contribution in [0.5, 0.6) is 0 Å². The normalized spacial score (nSPS) is 18.2. The summed E-state index contributed by atoms with van der Waals surface area (Å²) < 4.78 is 92.2. The van der Waals surface area contributed by atoms with Crippen LogP contribution >= 0.6 is 22.9 Å². The molecule has 1 N–H and O–H groups in total. The topological polar surface area (TPSA) is 186 Å². The van der Waals surface area contributed by atoms with Crippen molar-refractivity contribution < 1.29 is 58.9 Å². The van der Waals surface area contributed by atoms with Gasteiger partial charge in [-0.1, -0.05) is 0 Å². The minimum absolute atomic E-state index is 0.315. The van der Waals surface area contributed by atoms with E-state index in [4.69, 9.17) is 4.52 Å². The lowest BCUT2D eigenvalue weighted by Gasteiger charge is -2.26. The van der Waals surface area contributed by atoms with E-state index >= 15 is 0 Å². The van der Waals surface area contributed by atoms with Crippen LogP contribution in [0.3, 0.4) is 0 Å². The SMILES string of the molecule is COC(=O)C(CCS(=O)(=O)OC)CP(=O)(CC(COP(=O)=O)P(=O)(O)OC)OC. The van der Waals surface area contributed by atoms with E-state index < -0.39 is 75.2 Å². The molecule has 0 saturated carbocycles. The Morgan fingerprint density at radius 1 is 1.07 bits per heavy atom. The Bertz CT molecular complexity index is 798. The first-order valence-corrected chi connectivity index (χ1v) is 14.2. The van der Waals surface area contributed by atoms with Crippen LogP contribution < -0.4 is 0 Å². The second kappa shape index (κ2) is 12.4. The predicted molar refractivity (Wildman–Crippen MR) is 100 cm³/mol. The van der Waals surface area contributed by atoms with Crippen molar-refractivity contribution >= 4 is 39.0 Å². The van der Waals surface area contributed by atoms with Gasteiger partial charge in [0, 0.05) is 26.5 Å². The van der Waals surface area contributed by atoms with Crippen LogP contribution in [0.15, 0.2) is 0 Å². The standard InChI is InChI=1S/C12H25O13P3S/c1-21-12(13)10(5-6-29(19,20)24-4)8-27(16,22-2)9-11(7-25-26(14)15)28(17,18)23-3/h10-11H,5-9H2,1-4H3,(H,17,18). The smallest absolute Gasteiger partial charge is 0.468 e. The Balaban J connectivity index is 5.64. The Morgan fingerprint density at radius 2 is 1.66 bits per heavy atom. The first-order chi connectivity index (χ1) is 13.3. The number of hydrogen-bond acceptors (Lipinski definition) is 12. The lowest BCUT2D eigenvalue weighted by atomic mass is 10.1. The first-order valence-electron chi connectivity index (χ1n) is 7.91. The molecule has 4 atom stereocenters. The molecular weight excluding hydrogens is 477 g/mol. The van der Waals surface area contributed by atoms with Crippen molar-refractivity contribution in [1.82, 2.24) is 0 Å². The zero-order chi connectivity index (χ0) is 22.9. The number of rotatable bonds is 15. The second-order valence-corrected chi connectivity index (χ2v) is 13.2. The maximum Gasteiger partial charge on any atom is 0.468 e. The van der Waals surface area contributed by atoms with Crippen molar-refractivity contribution in [1.29, 1.82) is 0 Å². The fourth-order valence-corrected chi connectivity index (χ4v) is 7.74. The van der Waals surface area contributed by atoms with E-state index in [-0.39, 0.29) is 6.42 Å². The lowest BCUT2D eigenvalue weighted by Crippen LogP contribution is -2.27. The van der Waals surface area contributed by atoms with Crippen molar-refractivity contribution in [2.24, 2.45) is 5.92 Å². The van der Waals surface area contributed by atoms with Gasteiger partial charge in [0.1, 0.15) is 0 Å². The number of carbonyl (C=O) groups excluding carboxylic acids is 1. The fourth-order valence-electron chi connectivity index (χ4n) is 2.25. The Morgan fingerprint density at radius 3 is 2.07 bits per heavy atom. The van der Waals surface area contributed by atoms with Crippen LogP contribution in [0, 0.1) is 5.92 Å². The molecule has 0 amide bonds. The molecule has 0 aromatic rings. The van der Waals surface area contributed by atoms with Gasteiger partial charge in [0.2, 0.25) is 7.37 Å². The summed E-state index contributed by atoms with van der Waals surface area (Å²) in [4.78, 5) is 21.9.